The van der Waals surface area contributed by atoms with Gasteiger partial charge in [-0.25, -0.2) is 0 Å². The first-order valence-electron chi connectivity index (χ1n) is 7.39. The van der Waals surface area contributed by atoms with Crippen LogP contribution < -0.4 is 10.1 Å². The molecule has 1 aromatic heterocycles. The van der Waals surface area contributed by atoms with Gasteiger partial charge in [-0.15, -0.1) is 5.10 Å². The van der Waals surface area contributed by atoms with Gasteiger partial charge in [0, 0.05) is 0 Å². The van der Waals surface area contributed by atoms with Crippen molar-refractivity contribution in [3.63, 3.8) is 0 Å². The lowest BCUT2D eigenvalue weighted by Gasteiger charge is -2.08. The quantitative estimate of drug-likeness (QED) is 0.848. The number of amides is 1. The van der Waals surface area contributed by atoms with E-state index < -0.39 is 0 Å². The van der Waals surface area contributed by atoms with Crippen LogP contribution in [0.1, 0.15) is 38.7 Å². The van der Waals surface area contributed by atoms with Crippen molar-refractivity contribution < 1.29 is 9.53 Å². The maximum absolute atomic E-state index is 11.8. The number of hydrogen-bond acceptors (Lipinski definition) is 5. The van der Waals surface area contributed by atoms with Crippen LogP contribution in [0.25, 0.3) is 0 Å². The number of anilines is 1. The molecule has 7 nitrogen and oxygen atoms in total. The molecule has 2 aromatic rings. The van der Waals surface area contributed by atoms with E-state index in [0.29, 0.717) is 18.2 Å². The molecule has 2 rings (SSSR count). The van der Waals surface area contributed by atoms with E-state index in [1.807, 2.05) is 31.2 Å². The van der Waals surface area contributed by atoms with E-state index in [2.05, 4.69) is 34.6 Å². The van der Waals surface area contributed by atoms with Crippen molar-refractivity contribution in [3.8, 4) is 5.75 Å². The van der Waals surface area contributed by atoms with Gasteiger partial charge in [0.25, 0.3) is 11.9 Å². The van der Waals surface area contributed by atoms with E-state index in [0.717, 1.165) is 6.42 Å². The minimum absolute atomic E-state index is 0.0939. The number of rotatable bonds is 7. The summed E-state index contributed by atoms with van der Waals surface area (Å²) < 4.78 is 5.43. The van der Waals surface area contributed by atoms with Gasteiger partial charge in [0.05, 0.1) is 6.54 Å². The predicted octanol–water partition coefficient (Wildman–Crippen LogP) is 2.22. The van der Waals surface area contributed by atoms with Crippen LogP contribution in [0.4, 0.5) is 5.95 Å². The zero-order valence-electron chi connectivity index (χ0n) is 13.1. The second-order valence-corrected chi connectivity index (χ2v) is 5.27. The Morgan fingerprint density at radius 1 is 1.32 bits per heavy atom. The van der Waals surface area contributed by atoms with Crippen LogP contribution in [0.15, 0.2) is 24.3 Å². The Morgan fingerprint density at radius 2 is 2.05 bits per heavy atom. The number of aryl methyl sites for hydroxylation is 1. The fraction of sp³-hybridized carbons (Fsp3) is 0.467. The highest BCUT2D eigenvalue weighted by atomic mass is 16.5. The predicted molar refractivity (Wildman–Crippen MR) is 82.8 cm³/mol. The smallest absolute Gasteiger partial charge is 0.270 e. The Kier molecular flexibility index (Phi) is 5.46. The van der Waals surface area contributed by atoms with Gasteiger partial charge in [-0.05, 0) is 35.2 Å². The number of ether oxygens (including phenoxy) is 1. The minimum Gasteiger partial charge on any atom is -0.484 e. The Balaban J connectivity index is 1.81. The lowest BCUT2D eigenvalue weighted by Crippen LogP contribution is -2.21. The molecule has 0 fully saturated rings. The number of hydrogen-bond donors (Lipinski definition) is 1. The number of tetrazole rings is 1. The number of nitrogens with zero attached hydrogens (tertiary/aromatic N) is 4. The van der Waals surface area contributed by atoms with Crippen molar-refractivity contribution in [1.29, 1.82) is 0 Å². The Labute approximate surface area is 129 Å². The van der Waals surface area contributed by atoms with Crippen LogP contribution in [-0.4, -0.2) is 32.7 Å². The minimum atomic E-state index is -0.316. The molecule has 0 spiro atoms. The van der Waals surface area contributed by atoms with Gasteiger partial charge < -0.3 is 4.74 Å². The van der Waals surface area contributed by atoms with Crippen LogP contribution in [-0.2, 0) is 11.3 Å². The van der Waals surface area contributed by atoms with Crippen LogP contribution >= 0.6 is 0 Å². The summed E-state index contributed by atoms with van der Waals surface area (Å²) in [5, 5.41) is 14.2. The highest BCUT2D eigenvalue weighted by Gasteiger charge is 2.08. The molecule has 1 N–H and O–H groups in total. The van der Waals surface area contributed by atoms with E-state index in [1.165, 1.54) is 10.4 Å². The first-order valence-corrected chi connectivity index (χ1v) is 7.39. The number of carbonyl (C=O) groups is 1. The monoisotopic (exact) mass is 303 g/mol. The third-order valence-corrected chi connectivity index (χ3v) is 3.04. The molecular weight excluding hydrogens is 282 g/mol. The summed E-state index contributed by atoms with van der Waals surface area (Å²) in [7, 11) is 0. The fourth-order valence-corrected chi connectivity index (χ4v) is 1.85. The average Bonchev–Trinajstić information content (AvgIpc) is 2.93. The Hall–Kier alpha value is -2.44. The molecule has 118 valence electrons. The average molecular weight is 303 g/mol. The summed E-state index contributed by atoms with van der Waals surface area (Å²) in [6, 6.07) is 7.71. The van der Waals surface area contributed by atoms with E-state index in [4.69, 9.17) is 4.74 Å². The van der Waals surface area contributed by atoms with Crippen molar-refractivity contribution in [2.24, 2.45) is 0 Å². The number of nitrogens with one attached hydrogen (secondary N) is 1. The standard InChI is InChI=1S/C15H21N5O2/c1-4-9-20-18-15(17-19-20)16-14(21)10-22-13-7-5-12(6-8-13)11(2)3/h5-8,11H,4,9-10H2,1-3H3,(H,16,18,21). The first-order chi connectivity index (χ1) is 10.6. The second-order valence-electron chi connectivity index (χ2n) is 5.27. The zero-order chi connectivity index (χ0) is 15.9. The van der Waals surface area contributed by atoms with Gasteiger partial charge in [0.15, 0.2) is 6.61 Å². The largest absolute Gasteiger partial charge is 0.484 e. The SMILES string of the molecule is CCCn1nnc(NC(=O)COc2ccc(C(C)C)cc2)n1. The van der Waals surface area contributed by atoms with Crippen molar-refractivity contribution in [1.82, 2.24) is 20.2 Å². The molecule has 7 heteroatoms. The van der Waals surface area contributed by atoms with Crippen LogP contribution in [0.3, 0.4) is 0 Å². The Bertz CT molecular complexity index is 607. The molecule has 0 radical (unpaired) electrons. The summed E-state index contributed by atoms with van der Waals surface area (Å²) in [5.74, 6) is 0.998. The summed E-state index contributed by atoms with van der Waals surface area (Å²) >= 11 is 0. The lowest BCUT2D eigenvalue weighted by molar-refractivity contribution is -0.118. The maximum atomic E-state index is 11.8. The normalized spacial score (nSPS) is 10.7. The van der Waals surface area contributed by atoms with E-state index >= 15 is 0 Å². The number of carbonyl (C=O) groups excluding carboxylic acids is 1. The molecule has 1 heterocycles. The van der Waals surface area contributed by atoms with Crippen LogP contribution in [0.2, 0.25) is 0 Å². The molecule has 0 aliphatic carbocycles. The summed E-state index contributed by atoms with van der Waals surface area (Å²) in [6.45, 7) is 6.84. The Morgan fingerprint density at radius 3 is 2.68 bits per heavy atom. The third-order valence-electron chi connectivity index (χ3n) is 3.04. The van der Waals surface area contributed by atoms with E-state index in [1.54, 1.807) is 0 Å². The van der Waals surface area contributed by atoms with Gasteiger partial charge in [-0.3, -0.25) is 10.1 Å². The van der Waals surface area contributed by atoms with E-state index in [9.17, 15) is 4.79 Å². The topological polar surface area (TPSA) is 81.9 Å². The van der Waals surface area contributed by atoms with Gasteiger partial charge in [-0.2, -0.15) is 4.80 Å². The molecule has 0 atom stereocenters. The summed E-state index contributed by atoms with van der Waals surface area (Å²) in [5.41, 5.74) is 1.23. The zero-order valence-corrected chi connectivity index (χ0v) is 13.1. The van der Waals surface area contributed by atoms with Crippen LogP contribution in [0, 0.1) is 0 Å². The van der Waals surface area contributed by atoms with E-state index in [-0.39, 0.29) is 18.5 Å². The molecule has 0 aliphatic heterocycles. The third kappa shape index (κ3) is 4.54. The van der Waals surface area contributed by atoms with Crippen LogP contribution in [0.5, 0.6) is 5.75 Å². The molecule has 0 saturated heterocycles. The molecule has 0 unspecified atom stereocenters. The van der Waals surface area contributed by atoms with Crippen molar-refractivity contribution in [2.75, 3.05) is 11.9 Å². The summed E-state index contributed by atoms with van der Waals surface area (Å²) in [6.07, 6.45) is 0.902. The molecule has 0 bridgehead atoms. The van der Waals surface area contributed by atoms with Gasteiger partial charge >= 0.3 is 0 Å². The second kappa shape index (κ2) is 7.53. The number of aromatic nitrogens is 4. The van der Waals surface area contributed by atoms with Gasteiger partial charge in [0.1, 0.15) is 5.75 Å². The maximum Gasteiger partial charge on any atom is 0.270 e. The molecule has 22 heavy (non-hydrogen) atoms. The first kappa shape index (κ1) is 15.9. The van der Waals surface area contributed by atoms with Gasteiger partial charge in [0.2, 0.25) is 0 Å². The number of benzene rings is 1. The summed E-state index contributed by atoms with van der Waals surface area (Å²) in [4.78, 5) is 13.2. The van der Waals surface area contributed by atoms with Gasteiger partial charge in [-0.1, -0.05) is 38.0 Å². The highest BCUT2D eigenvalue weighted by molar-refractivity contribution is 5.90. The van der Waals surface area contributed by atoms with Crippen molar-refractivity contribution >= 4 is 11.9 Å². The van der Waals surface area contributed by atoms with Crippen molar-refractivity contribution in [3.05, 3.63) is 29.8 Å². The molecule has 0 saturated carbocycles. The van der Waals surface area contributed by atoms with Crippen molar-refractivity contribution in [2.45, 2.75) is 39.7 Å². The highest BCUT2D eigenvalue weighted by Crippen LogP contribution is 2.18. The molecule has 1 aromatic carbocycles. The molecular formula is C15H21N5O2. The molecule has 0 aliphatic rings. The lowest BCUT2D eigenvalue weighted by atomic mass is 10.0. The fourth-order valence-electron chi connectivity index (χ4n) is 1.85. The molecule has 1 amide bonds.